The van der Waals surface area contributed by atoms with Crippen LogP contribution in [0.1, 0.15) is 37.5 Å². The molecule has 0 saturated carbocycles. The molecule has 2 fully saturated rings. The molecule has 2 atom stereocenters. The molecule has 1 N–H and O–H groups in total. The third-order valence-corrected chi connectivity index (χ3v) is 4.92. The average Bonchev–Trinajstić information content (AvgIpc) is 3.04. The first kappa shape index (κ1) is 15.3. The number of nitrogens with zero attached hydrogens (tertiary/aromatic N) is 1. The van der Waals surface area contributed by atoms with Crippen molar-refractivity contribution in [2.75, 3.05) is 6.54 Å². The van der Waals surface area contributed by atoms with Crippen LogP contribution < -0.4 is 5.32 Å². The third-order valence-electron chi connectivity index (χ3n) is 4.92. The average molecular weight is 326 g/mol. The minimum atomic E-state index is -0.684. The number of carbonyl (C=O) groups is 1. The molecule has 1 aromatic carbocycles. The van der Waals surface area contributed by atoms with Crippen LogP contribution in [0.4, 0.5) is 4.39 Å². The SMILES string of the molecule is O=C1NCCC[C@@]12CC[C@@H](c1cc(-c3ccc(F)cc3)ccn1)O2. The number of pyridine rings is 1. The second kappa shape index (κ2) is 5.98. The van der Waals surface area contributed by atoms with Gasteiger partial charge in [0.25, 0.3) is 5.91 Å². The molecule has 2 aliphatic heterocycles. The molecule has 0 bridgehead atoms. The number of piperidine rings is 1. The maximum atomic E-state index is 13.1. The van der Waals surface area contributed by atoms with Gasteiger partial charge in [-0.25, -0.2) is 4.39 Å². The monoisotopic (exact) mass is 326 g/mol. The fraction of sp³-hybridized carbons (Fsp3) is 0.368. The Morgan fingerprint density at radius 3 is 2.79 bits per heavy atom. The molecule has 24 heavy (non-hydrogen) atoms. The number of benzene rings is 1. The molecule has 2 aromatic rings. The van der Waals surface area contributed by atoms with Crippen molar-refractivity contribution < 1.29 is 13.9 Å². The molecule has 5 heteroatoms. The van der Waals surface area contributed by atoms with Gasteiger partial charge in [0.1, 0.15) is 17.5 Å². The van der Waals surface area contributed by atoms with Gasteiger partial charge in [0.05, 0.1) is 5.69 Å². The lowest BCUT2D eigenvalue weighted by atomic mass is 9.90. The summed E-state index contributed by atoms with van der Waals surface area (Å²) in [7, 11) is 0. The van der Waals surface area contributed by atoms with Crippen LogP contribution >= 0.6 is 0 Å². The van der Waals surface area contributed by atoms with Crippen LogP contribution in [0, 0.1) is 5.82 Å². The standard InChI is InChI=1S/C19H19FN2O2/c20-15-4-2-13(3-5-15)14-7-11-21-16(12-14)17-6-9-19(24-17)8-1-10-22-18(19)23/h2-5,7,11-12,17H,1,6,8-10H2,(H,22,23)/t17-,19+/m0/s1. The summed E-state index contributed by atoms with van der Waals surface area (Å²) in [6.45, 7) is 0.729. The Hall–Kier alpha value is -2.27. The normalized spacial score (nSPS) is 26.5. The lowest BCUT2D eigenvalue weighted by Crippen LogP contribution is -2.50. The lowest BCUT2D eigenvalue weighted by molar-refractivity contribution is -0.150. The highest BCUT2D eigenvalue weighted by molar-refractivity contribution is 5.86. The van der Waals surface area contributed by atoms with E-state index in [0.717, 1.165) is 49.0 Å². The molecule has 4 rings (SSSR count). The van der Waals surface area contributed by atoms with Gasteiger partial charge in [-0.3, -0.25) is 9.78 Å². The van der Waals surface area contributed by atoms with E-state index >= 15 is 0 Å². The number of halogens is 1. The molecular formula is C19H19FN2O2. The summed E-state index contributed by atoms with van der Waals surface area (Å²) in [5.41, 5.74) is 2.05. The highest BCUT2D eigenvalue weighted by atomic mass is 19.1. The Morgan fingerprint density at radius 1 is 1.17 bits per heavy atom. The van der Waals surface area contributed by atoms with Gasteiger partial charge in [0, 0.05) is 12.7 Å². The van der Waals surface area contributed by atoms with E-state index < -0.39 is 5.60 Å². The van der Waals surface area contributed by atoms with Gasteiger partial charge in [-0.05, 0) is 61.1 Å². The fourth-order valence-corrected chi connectivity index (χ4v) is 3.61. The van der Waals surface area contributed by atoms with E-state index in [4.69, 9.17) is 4.74 Å². The van der Waals surface area contributed by atoms with Gasteiger partial charge in [-0.1, -0.05) is 12.1 Å². The fourth-order valence-electron chi connectivity index (χ4n) is 3.61. The number of hydrogen-bond donors (Lipinski definition) is 1. The quantitative estimate of drug-likeness (QED) is 0.920. The first-order valence-corrected chi connectivity index (χ1v) is 8.34. The largest absolute Gasteiger partial charge is 0.356 e. The Kier molecular flexibility index (Phi) is 3.81. The number of hydrogen-bond acceptors (Lipinski definition) is 3. The predicted molar refractivity (Wildman–Crippen MR) is 87.7 cm³/mol. The summed E-state index contributed by atoms with van der Waals surface area (Å²) < 4.78 is 19.3. The van der Waals surface area contributed by atoms with E-state index in [1.54, 1.807) is 18.3 Å². The Morgan fingerprint density at radius 2 is 2.00 bits per heavy atom. The van der Waals surface area contributed by atoms with Crippen LogP contribution in [0.5, 0.6) is 0 Å². The van der Waals surface area contributed by atoms with Gasteiger partial charge < -0.3 is 10.1 Å². The smallest absolute Gasteiger partial charge is 0.252 e. The van der Waals surface area contributed by atoms with Crippen LogP contribution in [0.2, 0.25) is 0 Å². The zero-order valence-electron chi connectivity index (χ0n) is 13.3. The zero-order chi connectivity index (χ0) is 16.6. The number of amides is 1. The maximum Gasteiger partial charge on any atom is 0.252 e. The summed E-state index contributed by atoms with van der Waals surface area (Å²) >= 11 is 0. The van der Waals surface area contributed by atoms with Gasteiger partial charge in [0.15, 0.2) is 0 Å². The molecule has 0 radical (unpaired) electrons. The predicted octanol–water partition coefficient (Wildman–Crippen LogP) is 3.39. The minimum Gasteiger partial charge on any atom is -0.356 e. The zero-order valence-corrected chi connectivity index (χ0v) is 13.3. The third kappa shape index (κ3) is 2.69. The van der Waals surface area contributed by atoms with Crippen molar-refractivity contribution in [2.24, 2.45) is 0 Å². The number of nitrogens with one attached hydrogen (secondary N) is 1. The molecule has 0 aliphatic carbocycles. The molecule has 2 aliphatic rings. The first-order valence-electron chi connectivity index (χ1n) is 8.34. The van der Waals surface area contributed by atoms with Crippen molar-refractivity contribution in [1.29, 1.82) is 0 Å². The lowest BCUT2D eigenvalue weighted by Gasteiger charge is -2.32. The number of ether oxygens (including phenoxy) is 1. The molecule has 1 amide bonds. The minimum absolute atomic E-state index is 0.00550. The molecule has 4 nitrogen and oxygen atoms in total. The molecule has 1 spiro atoms. The van der Waals surface area contributed by atoms with Crippen molar-refractivity contribution in [2.45, 2.75) is 37.4 Å². The molecule has 1 aromatic heterocycles. The summed E-state index contributed by atoms with van der Waals surface area (Å²) in [5.74, 6) is -0.247. The van der Waals surface area contributed by atoms with Crippen molar-refractivity contribution >= 4 is 5.91 Å². The van der Waals surface area contributed by atoms with Crippen LogP contribution in [0.15, 0.2) is 42.6 Å². The van der Waals surface area contributed by atoms with E-state index in [2.05, 4.69) is 10.3 Å². The molecule has 3 heterocycles. The van der Waals surface area contributed by atoms with Gasteiger partial charge in [-0.15, -0.1) is 0 Å². The van der Waals surface area contributed by atoms with Crippen LogP contribution in [0.3, 0.4) is 0 Å². The van der Waals surface area contributed by atoms with E-state index in [-0.39, 0.29) is 17.8 Å². The van der Waals surface area contributed by atoms with Gasteiger partial charge >= 0.3 is 0 Å². The van der Waals surface area contributed by atoms with Crippen molar-refractivity contribution in [3.05, 3.63) is 54.1 Å². The molecule has 2 saturated heterocycles. The van der Waals surface area contributed by atoms with Crippen molar-refractivity contribution in [3.63, 3.8) is 0 Å². The van der Waals surface area contributed by atoms with Crippen LogP contribution in [-0.4, -0.2) is 23.0 Å². The second-order valence-electron chi connectivity index (χ2n) is 6.48. The number of carbonyl (C=O) groups excluding carboxylic acids is 1. The van der Waals surface area contributed by atoms with E-state index in [9.17, 15) is 9.18 Å². The Balaban J connectivity index is 1.58. The Labute approximate surface area is 140 Å². The number of aromatic nitrogens is 1. The van der Waals surface area contributed by atoms with E-state index in [1.165, 1.54) is 12.1 Å². The second-order valence-corrected chi connectivity index (χ2v) is 6.48. The molecular weight excluding hydrogens is 307 g/mol. The summed E-state index contributed by atoms with van der Waals surface area (Å²) in [6.07, 6.45) is 4.80. The maximum absolute atomic E-state index is 13.1. The summed E-state index contributed by atoms with van der Waals surface area (Å²) in [5, 5.41) is 2.91. The highest BCUT2D eigenvalue weighted by Gasteiger charge is 2.48. The topological polar surface area (TPSA) is 51.2 Å². The van der Waals surface area contributed by atoms with Crippen molar-refractivity contribution in [1.82, 2.24) is 10.3 Å². The Bertz CT molecular complexity index is 762. The van der Waals surface area contributed by atoms with E-state index in [0.29, 0.717) is 0 Å². The first-order chi connectivity index (χ1) is 11.7. The molecule has 124 valence electrons. The number of rotatable bonds is 2. The highest BCUT2D eigenvalue weighted by Crippen LogP contribution is 2.43. The van der Waals surface area contributed by atoms with Crippen LogP contribution in [0.25, 0.3) is 11.1 Å². The molecule has 0 unspecified atom stereocenters. The van der Waals surface area contributed by atoms with Crippen molar-refractivity contribution in [3.8, 4) is 11.1 Å². The van der Waals surface area contributed by atoms with Gasteiger partial charge in [-0.2, -0.15) is 0 Å². The summed E-state index contributed by atoms with van der Waals surface area (Å²) in [6, 6.07) is 10.3. The van der Waals surface area contributed by atoms with Crippen LogP contribution in [-0.2, 0) is 9.53 Å². The summed E-state index contributed by atoms with van der Waals surface area (Å²) in [4.78, 5) is 16.7. The van der Waals surface area contributed by atoms with E-state index in [1.807, 2.05) is 12.1 Å². The van der Waals surface area contributed by atoms with Gasteiger partial charge in [0.2, 0.25) is 0 Å².